The van der Waals surface area contributed by atoms with E-state index in [9.17, 15) is 14.4 Å². The molecule has 2 aliphatic rings. The van der Waals surface area contributed by atoms with Crippen molar-refractivity contribution in [2.45, 2.75) is 37.6 Å². The highest BCUT2D eigenvalue weighted by molar-refractivity contribution is 7.21. The van der Waals surface area contributed by atoms with Gasteiger partial charge in [0.2, 0.25) is 5.91 Å². The Morgan fingerprint density at radius 2 is 1.84 bits per heavy atom. The predicted octanol–water partition coefficient (Wildman–Crippen LogP) is 4.16. The Balaban J connectivity index is 1.28. The second kappa shape index (κ2) is 7.77. The molecule has 1 aromatic heterocycles. The molecule has 0 atom stereocenters. The number of amides is 4. The van der Waals surface area contributed by atoms with Crippen LogP contribution in [0, 0.1) is 0 Å². The molecule has 2 heterocycles. The van der Waals surface area contributed by atoms with Crippen molar-refractivity contribution in [1.29, 1.82) is 0 Å². The first-order valence-electron chi connectivity index (χ1n) is 10.4. The van der Waals surface area contributed by atoms with Crippen LogP contribution in [0.15, 0.2) is 48.5 Å². The Bertz CT molecular complexity index is 1150. The smallest absolute Gasteiger partial charge is 0.325 e. The second-order valence-corrected chi connectivity index (χ2v) is 9.04. The monoisotopic (exact) mass is 434 g/mol. The van der Waals surface area contributed by atoms with E-state index in [-0.39, 0.29) is 24.8 Å². The van der Waals surface area contributed by atoms with Crippen molar-refractivity contribution in [2.75, 3.05) is 11.9 Å². The van der Waals surface area contributed by atoms with Crippen LogP contribution in [-0.2, 0) is 9.59 Å². The Labute approximate surface area is 183 Å². The number of imide groups is 1. The van der Waals surface area contributed by atoms with Crippen LogP contribution in [0.2, 0.25) is 0 Å². The van der Waals surface area contributed by atoms with Crippen molar-refractivity contribution >= 4 is 45.1 Å². The van der Waals surface area contributed by atoms with E-state index in [2.05, 4.69) is 15.6 Å². The molecule has 1 aliphatic carbocycles. The van der Waals surface area contributed by atoms with Gasteiger partial charge in [-0.1, -0.05) is 37.1 Å². The van der Waals surface area contributed by atoms with Crippen LogP contribution in [0.4, 0.5) is 10.5 Å². The van der Waals surface area contributed by atoms with Crippen molar-refractivity contribution in [3.8, 4) is 10.6 Å². The molecule has 0 unspecified atom stereocenters. The van der Waals surface area contributed by atoms with Crippen molar-refractivity contribution in [3.63, 3.8) is 0 Å². The van der Waals surface area contributed by atoms with E-state index in [4.69, 9.17) is 0 Å². The van der Waals surface area contributed by atoms with Gasteiger partial charge in [0.1, 0.15) is 10.5 Å². The third-order valence-electron chi connectivity index (χ3n) is 5.99. The molecule has 0 bridgehead atoms. The number of nitrogens with one attached hydrogen (secondary N) is 2. The van der Waals surface area contributed by atoms with Gasteiger partial charge in [-0.15, -0.1) is 11.3 Å². The van der Waals surface area contributed by atoms with Crippen LogP contribution in [0.1, 0.15) is 32.1 Å². The maximum absolute atomic E-state index is 12.7. The number of fused-ring (bicyclic) bond motifs is 1. The molecule has 1 spiro atoms. The third kappa shape index (κ3) is 3.57. The lowest BCUT2D eigenvalue weighted by Crippen LogP contribution is -2.44. The SMILES string of the molecule is O=C(CCN1C(=O)NC2(CCCC2)C1=O)Nc1ccccc1-c1nc2ccccc2s1. The van der Waals surface area contributed by atoms with Gasteiger partial charge < -0.3 is 10.6 Å². The van der Waals surface area contributed by atoms with Gasteiger partial charge in [0.25, 0.3) is 5.91 Å². The highest BCUT2D eigenvalue weighted by Gasteiger charge is 2.52. The zero-order chi connectivity index (χ0) is 21.4. The number of carbonyl (C=O) groups is 3. The standard InChI is InChI=1S/C23H22N4O3S/c28-19(11-14-27-21(29)23(26-22(27)30)12-5-6-13-23)24-16-8-2-1-7-15(16)20-25-17-9-3-4-10-18(17)31-20/h1-4,7-10H,5-6,11-14H2,(H,24,28)(H,26,30). The summed E-state index contributed by atoms with van der Waals surface area (Å²) in [6, 6.07) is 15.0. The quantitative estimate of drug-likeness (QED) is 0.590. The average Bonchev–Trinajstić information content (AvgIpc) is 3.46. The summed E-state index contributed by atoms with van der Waals surface area (Å²) in [5, 5.41) is 6.60. The molecule has 5 rings (SSSR count). The summed E-state index contributed by atoms with van der Waals surface area (Å²) in [6.07, 6.45) is 3.26. The molecule has 2 fully saturated rings. The highest BCUT2D eigenvalue weighted by Crippen LogP contribution is 2.36. The summed E-state index contributed by atoms with van der Waals surface area (Å²) < 4.78 is 1.08. The molecule has 4 amide bonds. The van der Waals surface area contributed by atoms with Gasteiger partial charge in [-0.3, -0.25) is 14.5 Å². The van der Waals surface area contributed by atoms with Crippen molar-refractivity contribution in [3.05, 3.63) is 48.5 Å². The van der Waals surface area contributed by atoms with Crippen molar-refractivity contribution < 1.29 is 14.4 Å². The summed E-state index contributed by atoms with van der Waals surface area (Å²) in [6.45, 7) is 0.0710. The topological polar surface area (TPSA) is 91.4 Å². The number of anilines is 1. The summed E-state index contributed by atoms with van der Waals surface area (Å²) >= 11 is 1.57. The molecule has 158 valence electrons. The maximum Gasteiger partial charge on any atom is 0.325 e. The van der Waals surface area contributed by atoms with E-state index < -0.39 is 11.6 Å². The normalized spacial score (nSPS) is 17.5. The summed E-state index contributed by atoms with van der Waals surface area (Å²) in [5.74, 6) is -0.445. The first-order valence-corrected chi connectivity index (χ1v) is 11.3. The molecule has 2 aromatic carbocycles. The first-order chi connectivity index (χ1) is 15.1. The Morgan fingerprint density at radius 1 is 1.10 bits per heavy atom. The number of aromatic nitrogens is 1. The van der Waals surface area contributed by atoms with Gasteiger partial charge >= 0.3 is 6.03 Å². The molecule has 2 N–H and O–H groups in total. The molecule has 0 radical (unpaired) electrons. The first kappa shape index (κ1) is 19.7. The van der Waals surface area contributed by atoms with Crippen LogP contribution < -0.4 is 10.6 Å². The van der Waals surface area contributed by atoms with Gasteiger partial charge in [0.15, 0.2) is 0 Å². The molecule has 7 nitrogen and oxygen atoms in total. The largest absolute Gasteiger partial charge is 0.325 e. The Hall–Kier alpha value is -3.26. The number of thiazole rings is 1. The summed E-state index contributed by atoms with van der Waals surface area (Å²) in [7, 11) is 0. The van der Waals surface area contributed by atoms with Gasteiger partial charge in [0, 0.05) is 18.5 Å². The lowest BCUT2D eigenvalue weighted by Gasteiger charge is -2.20. The van der Waals surface area contributed by atoms with Crippen LogP contribution in [0.5, 0.6) is 0 Å². The summed E-state index contributed by atoms with van der Waals surface area (Å²) in [4.78, 5) is 43.6. The van der Waals surface area contributed by atoms with E-state index in [1.54, 1.807) is 11.3 Å². The molecule has 1 aliphatic heterocycles. The Kier molecular flexibility index (Phi) is 4.94. The number of para-hydroxylation sites is 2. The number of hydrogen-bond donors (Lipinski definition) is 2. The zero-order valence-electron chi connectivity index (χ0n) is 16.9. The minimum atomic E-state index is -0.743. The number of nitrogens with zero attached hydrogens (tertiary/aromatic N) is 2. The van der Waals surface area contributed by atoms with Crippen LogP contribution in [0.25, 0.3) is 20.8 Å². The maximum atomic E-state index is 12.7. The third-order valence-corrected chi connectivity index (χ3v) is 7.06. The molecular formula is C23H22N4O3S. The van der Waals surface area contributed by atoms with Gasteiger partial charge in [0.05, 0.1) is 15.9 Å². The van der Waals surface area contributed by atoms with E-state index in [1.807, 2.05) is 48.5 Å². The molecule has 1 saturated carbocycles. The zero-order valence-corrected chi connectivity index (χ0v) is 17.7. The van der Waals surface area contributed by atoms with Gasteiger partial charge in [-0.05, 0) is 37.1 Å². The van der Waals surface area contributed by atoms with Crippen molar-refractivity contribution in [1.82, 2.24) is 15.2 Å². The fraction of sp³-hybridized carbons (Fsp3) is 0.304. The average molecular weight is 435 g/mol. The van der Waals surface area contributed by atoms with Crippen LogP contribution in [0.3, 0.4) is 0 Å². The Morgan fingerprint density at radius 3 is 2.65 bits per heavy atom. The number of rotatable bonds is 5. The van der Waals surface area contributed by atoms with E-state index in [0.717, 1.165) is 33.6 Å². The van der Waals surface area contributed by atoms with E-state index in [1.165, 1.54) is 4.90 Å². The number of hydrogen-bond acceptors (Lipinski definition) is 5. The molecule has 1 saturated heterocycles. The van der Waals surface area contributed by atoms with E-state index in [0.29, 0.717) is 18.5 Å². The van der Waals surface area contributed by atoms with E-state index >= 15 is 0 Å². The second-order valence-electron chi connectivity index (χ2n) is 8.01. The molecule has 8 heteroatoms. The van der Waals surface area contributed by atoms with Gasteiger partial charge in [-0.2, -0.15) is 0 Å². The lowest BCUT2D eigenvalue weighted by atomic mass is 9.98. The minimum absolute atomic E-state index is 0.0451. The molecule has 3 aromatic rings. The van der Waals surface area contributed by atoms with Gasteiger partial charge in [-0.25, -0.2) is 9.78 Å². The predicted molar refractivity (Wildman–Crippen MR) is 120 cm³/mol. The van der Waals surface area contributed by atoms with Crippen LogP contribution in [-0.4, -0.2) is 39.8 Å². The number of carbonyl (C=O) groups excluding carboxylic acids is 3. The minimum Gasteiger partial charge on any atom is -0.325 e. The number of benzene rings is 2. The fourth-order valence-electron chi connectivity index (χ4n) is 4.39. The highest BCUT2D eigenvalue weighted by atomic mass is 32.1. The lowest BCUT2D eigenvalue weighted by molar-refractivity contribution is -0.131. The summed E-state index contributed by atoms with van der Waals surface area (Å²) in [5.41, 5.74) is 1.68. The molecule has 31 heavy (non-hydrogen) atoms. The van der Waals surface area contributed by atoms with Crippen LogP contribution >= 0.6 is 11.3 Å². The van der Waals surface area contributed by atoms with Crippen molar-refractivity contribution in [2.24, 2.45) is 0 Å². The number of urea groups is 1. The fourth-order valence-corrected chi connectivity index (χ4v) is 5.39. The molecular weight excluding hydrogens is 412 g/mol.